The van der Waals surface area contributed by atoms with E-state index in [1.54, 1.807) is 48.0 Å². The van der Waals surface area contributed by atoms with Crippen molar-refractivity contribution in [3.8, 4) is 10.4 Å². The first-order valence-electron chi connectivity index (χ1n) is 29.1. The van der Waals surface area contributed by atoms with E-state index in [4.69, 9.17) is 10.5 Å². The summed E-state index contributed by atoms with van der Waals surface area (Å²) in [7, 11) is -4.33. The highest BCUT2D eigenvalue weighted by molar-refractivity contribution is 7.50. The number of aryl methyl sites for hydroxylation is 3. The Kier molecular flexibility index (Phi) is 19.7. The van der Waals surface area contributed by atoms with Gasteiger partial charge >= 0.3 is 7.60 Å². The average Bonchev–Trinajstić information content (AvgIpc) is 2.59. The van der Waals surface area contributed by atoms with Crippen LogP contribution in [0.3, 0.4) is 0 Å². The fourth-order valence-electron chi connectivity index (χ4n) is 11.6. The second-order valence-corrected chi connectivity index (χ2v) is 26.4. The second kappa shape index (κ2) is 27.0. The molecule has 6 aromatic rings. The van der Waals surface area contributed by atoms with Gasteiger partial charge in [0.2, 0.25) is 35.4 Å². The molecule has 21 nitrogen and oxygen atoms in total. The van der Waals surface area contributed by atoms with Crippen molar-refractivity contribution >= 4 is 76.9 Å². The van der Waals surface area contributed by atoms with Gasteiger partial charge in [-0.2, -0.15) is 0 Å². The number of nitrogens with zero attached hydrogens (tertiary/aromatic N) is 3. The summed E-state index contributed by atoms with van der Waals surface area (Å²) in [6.07, 6.45) is 1.31. The molecule has 86 heavy (non-hydrogen) atoms. The quantitative estimate of drug-likeness (QED) is 0.0243. The van der Waals surface area contributed by atoms with Crippen LogP contribution in [-0.4, -0.2) is 120 Å². The molecule has 0 spiro atoms. The summed E-state index contributed by atoms with van der Waals surface area (Å²) in [5.41, 5.74) is 14.9. The Balaban J connectivity index is 0.747. The molecular weight excluding hydrogens is 1140 g/mol. The van der Waals surface area contributed by atoms with Crippen molar-refractivity contribution in [1.29, 1.82) is 0 Å². The monoisotopic (exact) mass is 1210 g/mol. The number of carbonyl (C=O) groups is 7. The number of carbonyl (C=O) groups excluding carboxylic acids is 7. The molecule has 10 N–H and O–H groups in total. The van der Waals surface area contributed by atoms with Gasteiger partial charge in [0.05, 0.1) is 52.8 Å². The van der Waals surface area contributed by atoms with E-state index in [1.807, 2.05) is 94.4 Å². The third kappa shape index (κ3) is 15.5. The number of hydrogen-bond acceptors (Lipinski definition) is 12. The number of amides is 7. The summed E-state index contributed by atoms with van der Waals surface area (Å²) < 4.78 is 18.0. The first-order valence-corrected chi connectivity index (χ1v) is 31.8. The molecule has 1 unspecified atom stereocenters. The Bertz CT molecular complexity index is 3540. The van der Waals surface area contributed by atoms with Crippen molar-refractivity contribution in [2.45, 2.75) is 161 Å². The minimum absolute atomic E-state index is 0.0235. The first-order chi connectivity index (χ1) is 40.9. The number of thiazole rings is 1. The van der Waals surface area contributed by atoms with Crippen molar-refractivity contribution < 1.29 is 57.8 Å². The van der Waals surface area contributed by atoms with Gasteiger partial charge in [0.1, 0.15) is 29.9 Å². The number of anilines is 1. The van der Waals surface area contributed by atoms with Crippen LogP contribution >= 0.6 is 18.9 Å². The zero-order valence-electron chi connectivity index (χ0n) is 49.0. The lowest BCUT2D eigenvalue weighted by Crippen LogP contribution is -2.57. The average molecular weight is 1210 g/mol. The minimum Gasteiger partial charge on any atom is -0.391 e. The SMILES string of the molecule is Cc1ncsc1-c1ccc(CNC(=O)C2C[C@@H](O)CN2C(=O)[C@@H](NC(=O)CCCCc2ccc(CO[C@H](C)[C@H](CCC(N)=O)NC(=O)[C@@H]3Cc4cccc5c4N3C(=O)[C@@H](NC(=O)c3cc4cc(CP(=O)(O)O)ccc4[nH]3)CC5)cc2)C(C)(C)C)cc1. The number of rotatable bonds is 24. The van der Waals surface area contributed by atoms with E-state index in [-0.39, 0.29) is 75.7 Å². The molecule has 0 aliphatic carbocycles. The molecule has 1 fully saturated rings. The highest BCUT2D eigenvalue weighted by Crippen LogP contribution is 2.41. The summed E-state index contributed by atoms with van der Waals surface area (Å²) in [6, 6.07) is 23.2. The van der Waals surface area contributed by atoms with Crippen molar-refractivity contribution in [3.63, 3.8) is 0 Å². The molecule has 0 saturated carbocycles. The molecule has 456 valence electrons. The number of unbranched alkanes of at least 4 members (excludes halogenated alkanes) is 1. The van der Waals surface area contributed by atoms with Gasteiger partial charge < -0.3 is 56.5 Å². The van der Waals surface area contributed by atoms with Gasteiger partial charge in [-0.25, -0.2) is 4.98 Å². The van der Waals surface area contributed by atoms with Gasteiger partial charge in [-0.3, -0.25) is 43.0 Å². The van der Waals surface area contributed by atoms with Gasteiger partial charge in [0.15, 0.2) is 0 Å². The van der Waals surface area contributed by atoms with E-state index in [2.05, 4.69) is 31.2 Å². The predicted octanol–water partition coefficient (Wildman–Crippen LogP) is 6.16. The van der Waals surface area contributed by atoms with Gasteiger partial charge in [-0.05, 0) is 115 Å². The van der Waals surface area contributed by atoms with Crippen molar-refractivity contribution in [2.24, 2.45) is 11.1 Å². The number of likely N-dealkylation sites (tertiary alicyclic amines) is 1. The molecule has 0 bridgehead atoms. The highest BCUT2D eigenvalue weighted by atomic mass is 32.1. The lowest BCUT2D eigenvalue weighted by Gasteiger charge is -2.35. The third-order valence-corrected chi connectivity index (χ3v) is 18.1. The molecule has 2 aromatic heterocycles. The van der Waals surface area contributed by atoms with Crippen LogP contribution in [0.2, 0.25) is 0 Å². The lowest BCUT2D eigenvalue weighted by molar-refractivity contribution is -0.144. The predicted molar refractivity (Wildman–Crippen MR) is 325 cm³/mol. The molecule has 1 saturated heterocycles. The lowest BCUT2D eigenvalue weighted by atomic mass is 9.85. The van der Waals surface area contributed by atoms with Gasteiger partial charge in [-0.1, -0.05) is 93.6 Å². The smallest absolute Gasteiger partial charge is 0.329 e. The molecule has 7 amide bonds. The van der Waals surface area contributed by atoms with Gasteiger partial charge in [0.25, 0.3) is 5.91 Å². The maximum absolute atomic E-state index is 14.6. The number of aromatic nitrogens is 2. The van der Waals surface area contributed by atoms with E-state index < -0.39 is 91.1 Å². The summed E-state index contributed by atoms with van der Waals surface area (Å²) in [5.74, 6) is -3.12. The number of para-hydroxylation sites is 1. The third-order valence-electron chi connectivity index (χ3n) is 16.3. The van der Waals surface area contributed by atoms with Crippen molar-refractivity contribution in [1.82, 2.24) is 36.1 Å². The van der Waals surface area contributed by atoms with E-state index in [9.17, 15) is 53.0 Å². The molecule has 23 heteroatoms. The van der Waals surface area contributed by atoms with Crippen LogP contribution in [0.4, 0.5) is 5.69 Å². The maximum Gasteiger partial charge on any atom is 0.329 e. The summed E-state index contributed by atoms with van der Waals surface area (Å²) in [4.78, 5) is 126. The summed E-state index contributed by atoms with van der Waals surface area (Å²) >= 11 is 1.56. The van der Waals surface area contributed by atoms with Crippen LogP contribution in [0.25, 0.3) is 21.3 Å². The molecule has 0 radical (unpaired) electrons. The number of fused-ring (bicyclic) bond motifs is 1. The van der Waals surface area contributed by atoms with E-state index >= 15 is 0 Å². The molecule has 7 atom stereocenters. The van der Waals surface area contributed by atoms with E-state index in [0.717, 1.165) is 44.0 Å². The van der Waals surface area contributed by atoms with Gasteiger partial charge in [-0.15, -0.1) is 11.3 Å². The number of aliphatic hydroxyl groups is 1. The van der Waals surface area contributed by atoms with Crippen LogP contribution in [0.15, 0.2) is 96.5 Å². The van der Waals surface area contributed by atoms with Crippen LogP contribution in [-0.2, 0) is 76.6 Å². The number of ether oxygens (including phenoxy) is 1. The maximum atomic E-state index is 14.6. The fraction of sp³-hybridized carbons (Fsp3) is 0.429. The standard InChI is InChI=1S/C63H76N9O12PS/c1-36-56(86-35-66-36)43-20-17-39(18-21-43)31-65-59(77)51-30-46(73)32-71(51)62(80)57(63(3,4)5)70-54(75)12-7-6-9-38-13-15-40(16-14-38)33-84-37(2)47(25-26-53(64)74)68-60(78)52-29-44-11-8-10-42-22-24-49(61(79)72(52)55(42)44)69-58(76)50-28-45-27-41(34-85(81,82)83)19-23-48(45)67-50/h8,10-11,13-21,23,27-28,35,37,46-47,49,51-52,57,67,73H,6-7,9,12,22,24-26,29-34H2,1-5H3,(H2,64,74)(H,65,77)(H,68,78)(H,69,76)(H,70,75)(H2,81,82,83)/t37-,46-,47+,49+,51?,52+,57-/m1/s1. The second-order valence-electron chi connectivity index (χ2n) is 23.9. The molecule has 9 rings (SSSR count). The Labute approximate surface area is 503 Å². The Hall–Kier alpha value is -7.59. The van der Waals surface area contributed by atoms with E-state index in [1.165, 1.54) is 9.80 Å². The topological polar surface area (TPSA) is 316 Å². The molecule has 4 aromatic carbocycles. The number of H-pyrrole nitrogens is 1. The molecular formula is C63H76N9O12PS. The number of benzene rings is 4. The molecule has 5 heterocycles. The zero-order valence-corrected chi connectivity index (χ0v) is 50.7. The van der Waals surface area contributed by atoms with Crippen molar-refractivity contribution in [3.05, 3.63) is 141 Å². The first kappa shape index (κ1) is 62.9. The Morgan fingerprint density at radius 3 is 2.29 bits per heavy atom. The number of primary amides is 1. The Morgan fingerprint density at radius 1 is 0.884 bits per heavy atom. The fourth-order valence-corrected chi connectivity index (χ4v) is 13.1. The number of nitrogens with one attached hydrogen (secondary N) is 5. The largest absolute Gasteiger partial charge is 0.391 e. The summed E-state index contributed by atoms with van der Waals surface area (Å²) in [6.45, 7) is 9.71. The van der Waals surface area contributed by atoms with E-state index in [0.29, 0.717) is 47.8 Å². The molecule has 3 aliphatic rings. The van der Waals surface area contributed by atoms with Crippen LogP contribution < -0.4 is 31.9 Å². The van der Waals surface area contributed by atoms with Crippen LogP contribution in [0.1, 0.15) is 122 Å². The number of aliphatic hydroxyl groups excluding tert-OH is 1. The number of nitrogens with two attached hydrogens (primary N) is 1. The number of aromatic amines is 1. The summed E-state index contributed by atoms with van der Waals surface area (Å²) in [5, 5.41) is 23.1. The number of hydrogen-bond donors (Lipinski definition) is 9. The van der Waals surface area contributed by atoms with Crippen LogP contribution in [0.5, 0.6) is 0 Å². The highest BCUT2D eigenvalue weighted by Gasteiger charge is 2.46. The normalized spacial score (nSPS) is 18.7. The Morgan fingerprint density at radius 2 is 1.59 bits per heavy atom. The van der Waals surface area contributed by atoms with Gasteiger partial charge in [0, 0.05) is 49.7 Å². The van der Waals surface area contributed by atoms with Crippen molar-refractivity contribution in [2.75, 3.05) is 11.4 Å². The van der Waals surface area contributed by atoms with Crippen LogP contribution in [0, 0.1) is 12.3 Å². The number of β-amino-alcohol motifs (C(OH)–C–C–N with tert-alkyl or cyclic N) is 1. The minimum atomic E-state index is -4.33. The molecule has 3 aliphatic heterocycles. The zero-order chi connectivity index (χ0) is 61.6.